The molecule has 0 aromatic rings. The average molecular weight is 158 g/mol. The van der Waals surface area contributed by atoms with Gasteiger partial charge in [-0.05, 0) is 0 Å². The first-order chi connectivity index (χ1) is 2.91. The van der Waals surface area contributed by atoms with Crippen LogP contribution in [0.1, 0.15) is 0 Å². The maximum absolute atomic E-state index is 9.46. The Hall–Kier alpha value is 0.900. The Balaban J connectivity index is 2.66. The highest BCUT2D eigenvalue weighted by atomic mass is 33.5. The summed E-state index contributed by atoms with van der Waals surface area (Å²) in [6.07, 6.45) is 0. The predicted octanol–water partition coefficient (Wildman–Crippen LogP) is 2.78. The van der Waals surface area contributed by atoms with E-state index in [0.29, 0.717) is 0 Å². The molecule has 0 heterocycles. The molecule has 0 aliphatic carbocycles. The Labute approximate surface area is 45.8 Å². The number of hydrogen-bond acceptors (Lipinski definition) is 4. The summed E-state index contributed by atoms with van der Waals surface area (Å²) >= 11 is 0. The van der Waals surface area contributed by atoms with Crippen LogP contribution in [0, 0.1) is 0 Å². The van der Waals surface area contributed by atoms with Crippen LogP contribution in [0.5, 0.6) is 0 Å². The molecule has 0 amide bonds. The molecule has 0 rings (SSSR count). The average Bonchev–Trinajstić information content (AvgIpc) is 1.61. The fourth-order valence-electron chi connectivity index (χ4n) is 0.0272. The molecule has 6 heteroatoms. The fourth-order valence-corrected chi connectivity index (χ4v) is 2.20. The van der Waals surface area contributed by atoms with Crippen molar-refractivity contribution in [3.8, 4) is 0 Å². The molecule has 2 nitrogen and oxygen atoms in total. The quantitative estimate of drug-likeness (QED) is 0.359. The van der Waals surface area contributed by atoms with E-state index < -0.39 is 0 Å². The lowest BCUT2D eigenvalue weighted by Crippen LogP contribution is -1.07. The van der Waals surface area contributed by atoms with Gasteiger partial charge in [-0.25, -0.2) is 0 Å². The summed E-state index contributed by atoms with van der Waals surface area (Å²) in [6, 6.07) is 0. The van der Waals surface area contributed by atoms with Crippen LogP contribution in [0.15, 0.2) is 0 Å². The molecule has 0 aliphatic heterocycles. The monoisotopic (exact) mass is 158 g/mol. The standard InChI is InChI=1S/O2P2S2/c1-3-5-6-4-2. The maximum atomic E-state index is 9.46. The minimum Gasteiger partial charge on any atom is -0.261 e. The highest BCUT2D eigenvalue weighted by molar-refractivity contribution is 9.07. The van der Waals surface area contributed by atoms with Crippen molar-refractivity contribution in [3.63, 3.8) is 0 Å². The first kappa shape index (κ1) is 6.90. The van der Waals surface area contributed by atoms with Crippen LogP contribution in [0.4, 0.5) is 0 Å². The van der Waals surface area contributed by atoms with E-state index in [1.807, 2.05) is 0 Å². The molecule has 0 atom stereocenters. The van der Waals surface area contributed by atoms with E-state index in [9.17, 15) is 9.13 Å². The van der Waals surface area contributed by atoms with Gasteiger partial charge in [-0.3, -0.25) is 9.13 Å². The van der Waals surface area contributed by atoms with Gasteiger partial charge < -0.3 is 0 Å². The lowest BCUT2D eigenvalue weighted by molar-refractivity contribution is 0.604. The molecule has 34 valence electrons. The van der Waals surface area contributed by atoms with Crippen molar-refractivity contribution in [1.82, 2.24) is 0 Å². The van der Waals surface area contributed by atoms with Crippen LogP contribution in [0.3, 0.4) is 0 Å². The smallest absolute Gasteiger partial charge is 0.239 e. The minimum absolute atomic E-state index is 0.0319. The molecule has 0 saturated heterocycles. The fraction of sp³-hybridized carbons (Fsp3) is 0. The van der Waals surface area contributed by atoms with Gasteiger partial charge in [0, 0.05) is 20.8 Å². The largest absolute Gasteiger partial charge is 0.261 e. The molecule has 0 bridgehead atoms. The normalized spacial score (nSPS) is 10.0. The van der Waals surface area contributed by atoms with E-state index in [4.69, 9.17) is 0 Å². The van der Waals surface area contributed by atoms with E-state index in [2.05, 4.69) is 0 Å². The van der Waals surface area contributed by atoms with Gasteiger partial charge in [0.1, 0.15) is 0 Å². The van der Waals surface area contributed by atoms with Crippen LogP contribution >= 0.6 is 36.2 Å². The first-order valence-corrected chi connectivity index (χ1v) is 5.88. The molecular formula is O2P2S2. The Morgan fingerprint density at radius 1 is 1.00 bits per heavy atom. The minimum atomic E-state index is -0.0319. The van der Waals surface area contributed by atoms with Gasteiger partial charge in [0.2, 0.25) is 15.3 Å². The van der Waals surface area contributed by atoms with Crippen molar-refractivity contribution in [2.24, 2.45) is 0 Å². The van der Waals surface area contributed by atoms with Gasteiger partial charge in [0.25, 0.3) is 0 Å². The van der Waals surface area contributed by atoms with Gasteiger partial charge in [0.15, 0.2) is 0 Å². The van der Waals surface area contributed by atoms with Gasteiger partial charge in [-0.15, -0.1) is 0 Å². The lowest BCUT2D eigenvalue weighted by atomic mass is 16.0. The Kier molecular flexibility index (Phi) is 6.79. The Morgan fingerprint density at radius 2 is 1.33 bits per heavy atom. The zero-order valence-corrected chi connectivity index (χ0v) is 5.95. The summed E-state index contributed by atoms with van der Waals surface area (Å²) in [7, 11) is 1.97. The third-order valence-electron chi connectivity index (χ3n) is 0.0942. The highest BCUT2D eigenvalue weighted by Crippen LogP contribution is 2.40. The van der Waals surface area contributed by atoms with Crippen molar-refractivity contribution < 1.29 is 9.13 Å². The topological polar surface area (TPSA) is 34.1 Å². The second-order valence-corrected chi connectivity index (χ2v) is 5.37. The summed E-state index contributed by atoms with van der Waals surface area (Å²) in [5.41, 5.74) is 0. The number of hydrogen-bond donors (Lipinski definition) is 0. The molecule has 0 aromatic heterocycles. The van der Waals surface area contributed by atoms with Gasteiger partial charge in [-0.1, -0.05) is 0 Å². The van der Waals surface area contributed by atoms with Crippen LogP contribution in [-0.4, -0.2) is 0 Å². The molecule has 0 spiro atoms. The van der Waals surface area contributed by atoms with E-state index in [1.54, 1.807) is 0 Å². The Bertz CT molecular complexity index is 45.5. The maximum Gasteiger partial charge on any atom is 0.239 e. The second-order valence-electron chi connectivity index (χ2n) is 0.298. The van der Waals surface area contributed by atoms with E-state index in [1.165, 1.54) is 0 Å². The van der Waals surface area contributed by atoms with Crippen LogP contribution in [0.25, 0.3) is 0 Å². The third kappa shape index (κ3) is 4.90. The van der Waals surface area contributed by atoms with Gasteiger partial charge in [0.05, 0.1) is 0 Å². The Morgan fingerprint density at radius 3 is 1.50 bits per heavy atom. The van der Waals surface area contributed by atoms with Gasteiger partial charge in [-0.2, -0.15) is 0 Å². The summed E-state index contributed by atoms with van der Waals surface area (Å²) in [4.78, 5) is 0. The van der Waals surface area contributed by atoms with Crippen LogP contribution in [0.2, 0.25) is 0 Å². The highest BCUT2D eigenvalue weighted by Gasteiger charge is 1.79. The summed E-state index contributed by atoms with van der Waals surface area (Å²) < 4.78 is 18.9. The molecule has 0 unspecified atom stereocenters. The predicted molar refractivity (Wildman–Crippen MR) is 30.4 cm³/mol. The van der Waals surface area contributed by atoms with E-state index in [0.717, 1.165) is 20.8 Å². The van der Waals surface area contributed by atoms with Crippen LogP contribution in [-0.2, 0) is 9.13 Å². The molecule has 0 aliphatic rings. The number of rotatable bonds is 3. The second kappa shape index (κ2) is 5.90. The summed E-state index contributed by atoms with van der Waals surface area (Å²) in [5.74, 6) is 0. The van der Waals surface area contributed by atoms with Crippen molar-refractivity contribution in [3.05, 3.63) is 0 Å². The third-order valence-corrected chi connectivity index (χ3v) is 4.34. The summed E-state index contributed by atoms with van der Waals surface area (Å²) in [5, 5.41) is 0. The van der Waals surface area contributed by atoms with Crippen molar-refractivity contribution in [1.29, 1.82) is 0 Å². The molecule has 0 N–H and O–H groups in total. The molecular weight excluding hydrogens is 158 g/mol. The molecule has 6 heavy (non-hydrogen) atoms. The first-order valence-electron chi connectivity index (χ1n) is 0.897. The van der Waals surface area contributed by atoms with Gasteiger partial charge >= 0.3 is 0 Å². The van der Waals surface area contributed by atoms with Crippen molar-refractivity contribution >= 4 is 36.2 Å². The van der Waals surface area contributed by atoms with Crippen LogP contribution < -0.4 is 0 Å². The zero-order chi connectivity index (χ0) is 4.83. The SMILES string of the molecule is O=PSSP=O. The van der Waals surface area contributed by atoms with E-state index >= 15 is 0 Å². The molecule has 0 aromatic carbocycles. The lowest BCUT2D eigenvalue weighted by Gasteiger charge is -1.64. The molecule has 0 radical (unpaired) electrons. The van der Waals surface area contributed by atoms with Crippen molar-refractivity contribution in [2.45, 2.75) is 0 Å². The molecule has 0 fully saturated rings. The van der Waals surface area contributed by atoms with E-state index in [-0.39, 0.29) is 15.3 Å². The zero-order valence-electron chi connectivity index (χ0n) is 2.53. The molecule has 0 saturated carbocycles. The summed E-state index contributed by atoms with van der Waals surface area (Å²) in [6.45, 7) is 0. The van der Waals surface area contributed by atoms with Crippen molar-refractivity contribution in [2.75, 3.05) is 0 Å².